The molecular formula is C14H17F2NO2S. The third-order valence-corrected chi connectivity index (χ3v) is 4.66. The molecule has 2 rings (SSSR count). The van der Waals surface area contributed by atoms with E-state index in [9.17, 15) is 13.6 Å². The highest BCUT2D eigenvalue weighted by Gasteiger charge is 2.26. The number of halogens is 2. The summed E-state index contributed by atoms with van der Waals surface area (Å²) in [5, 5.41) is 3.58. The smallest absolute Gasteiger partial charge is 0.340 e. The molecule has 0 aromatic heterocycles. The van der Waals surface area contributed by atoms with Gasteiger partial charge in [0.25, 0.3) is 0 Å². The van der Waals surface area contributed by atoms with Crippen LogP contribution in [0.5, 0.6) is 0 Å². The molecule has 1 aliphatic rings. The van der Waals surface area contributed by atoms with Crippen molar-refractivity contribution in [3.8, 4) is 0 Å². The molecule has 0 bridgehead atoms. The molecule has 0 heterocycles. The maximum atomic E-state index is 13.9. The number of rotatable bonds is 4. The Morgan fingerprint density at radius 2 is 2.10 bits per heavy atom. The molecule has 1 aromatic rings. The Morgan fingerprint density at radius 1 is 1.35 bits per heavy atom. The summed E-state index contributed by atoms with van der Waals surface area (Å²) in [5.74, 6) is -3.07. The van der Waals surface area contributed by atoms with Crippen molar-refractivity contribution in [2.24, 2.45) is 0 Å². The monoisotopic (exact) mass is 301 g/mol. The summed E-state index contributed by atoms with van der Waals surface area (Å²) in [6, 6.07) is 2.77. The van der Waals surface area contributed by atoms with Crippen molar-refractivity contribution in [1.29, 1.82) is 0 Å². The van der Waals surface area contributed by atoms with E-state index in [0.717, 1.165) is 26.4 Å². The lowest BCUT2D eigenvalue weighted by atomic mass is 10.1. The maximum absolute atomic E-state index is 13.9. The number of hydrogen-bond acceptors (Lipinski definition) is 4. The number of ether oxygens (including phenoxy) is 1. The third kappa shape index (κ3) is 3.06. The molecule has 1 saturated carbocycles. The van der Waals surface area contributed by atoms with Gasteiger partial charge in [-0.1, -0.05) is 0 Å². The number of benzene rings is 1. The Morgan fingerprint density at radius 3 is 2.70 bits per heavy atom. The summed E-state index contributed by atoms with van der Waals surface area (Å²) in [5.41, 5.74) is -0.286. The van der Waals surface area contributed by atoms with Crippen LogP contribution in [0.15, 0.2) is 12.1 Å². The van der Waals surface area contributed by atoms with Crippen LogP contribution in [-0.2, 0) is 4.74 Å². The van der Waals surface area contributed by atoms with Gasteiger partial charge in [-0.15, -0.1) is 0 Å². The molecule has 0 aliphatic heterocycles. The second kappa shape index (κ2) is 6.43. The fourth-order valence-corrected chi connectivity index (χ4v) is 3.23. The van der Waals surface area contributed by atoms with Crippen molar-refractivity contribution in [3.63, 3.8) is 0 Å². The Balaban J connectivity index is 2.14. The molecule has 0 radical (unpaired) electrons. The van der Waals surface area contributed by atoms with Crippen LogP contribution in [0.4, 0.5) is 14.5 Å². The minimum atomic E-state index is -1.17. The van der Waals surface area contributed by atoms with E-state index < -0.39 is 17.6 Å². The molecule has 0 amide bonds. The highest BCUT2D eigenvalue weighted by Crippen LogP contribution is 2.31. The summed E-state index contributed by atoms with van der Waals surface area (Å²) in [6.45, 7) is 0. The van der Waals surface area contributed by atoms with Gasteiger partial charge in [-0.05, 0) is 37.7 Å². The fourth-order valence-electron chi connectivity index (χ4n) is 2.43. The van der Waals surface area contributed by atoms with Crippen molar-refractivity contribution in [2.75, 3.05) is 18.7 Å². The van der Waals surface area contributed by atoms with Gasteiger partial charge in [0.05, 0.1) is 18.4 Å². The molecule has 110 valence electrons. The van der Waals surface area contributed by atoms with Gasteiger partial charge in [0.1, 0.15) is 0 Å². The summed E-state index contributed by atoms with van der Waals surface area (Å²) < 4.78 is 32.1. The summed E-state index contributed by atoms with van der Waals surface area (Å²) in [7, 11) is 1.13. The van der Waals surface area contributed by atoms with Gasteiger partial charge in [0, 0.05) is 11.3 Å². The fraction of sp³-hybridized carbons (Fsp3) is 0.500. The van der Waals surface area contributed by atoms with Crippen LogP contribution >= 0.6 is 11.8 Å². The number of methoxy groups -OCH3 is 1. The van der Waals surface area contributed by atoms with Crippen LogP contribution < -0.4 is 5.32 Å². The van der Waals surface area contributed by atoms with E-state index in [4.69, 9.17) is 0 Å². The molecule has 20 heavy (non-hydrogen) atoms. The quantitative estimate of drug-likeness (QED) is 0.865. The SMILES string of the molecule is COC(=O)c1ccc(NC2CCC(SC)C2)c(F)c1F. The minimum absolute atomic E-state index is 0.0990. The molecule has 2 unspecified atom stereocenters. The van der Waals surface area contributed by atoms with Crippen LogP contribution in [0.2, 0.25) is 0 Å². The molecule has 0 spiro atoms. The van der Waals surface area contributed by atoms with Crippen LogP contribution in [0.1, 0.15) is 29.6 Å². The first-order chi connectivity index (χ1) is 9.56. The number of esters is 1. The first-order valence-electron chi connectivity index (χ1n) is 6.42. The maximum Gasteiger partial charge on any atom is 0.340 e. The molecule has 0 saturated heterocycles. The van der Waals surface area contributed by atoms with Crippen molar-refractivity contribution in [1.82, 2.24) is 0 Å². The largest absolute Gasteiger partial charge is 0.465 e. The molecule has 1 N–H and O–H groups in total. The molecule has 3 nitrogen and oxygen atoms in total. The zero-order valence-electron chi connectivity index (χ0n) is 11.4. The second-order valence-corrected chi connectivity index (χ2v) is 5.93. The predicted octanol–water partition coefficient (Wildman–Crippen LogP) is 3.45. The van der Waals surface area contributed by atoms with Gasteiger partial charge in [-0.2, -0.15) is 11.8 Å². The standard InChI is InChI=1S/C14H17F2NO2S/c1-19-14(18)10-5-6-11(13(16)12(10)15)17-8-3-4-9(7-8)20-2/h5-6,8-9,17H,3-4,7H2,1-2H3. The average Bonchev–Trinajstić information content (AvgIpc) is 2.91. The summed E-state index contributed by atoms with van der Waals surface area (Å²) in [6.07, 6.45) is 4.99. The van der Waals surface area contributed by atoms with Gasteiger partial charge in [0.15, 0.2) is 11.6 Å². The molecule has 2 atom stereocenters. The first-order valence-corrected chi connectivity index (χ1v) is 7.71. The zero-order chi connectivity index (χ0) is 14.7. The van der Waals surface area contributed by atoms with Gasteiger partial charge < -0.3 is 10.1 Å². The topological polar surface area (TPSA) is 38.3 Å². The molecule has 1 aromatic carbocycles. The van der Waals surface area contributed by atoms with Gasteiger partial charge in [-0.3, -0.25) is 0 Å². The van der Waals surface area contributed by atoms with Crippen molar-refractivity contribution in [2.45, 2.75) is 30.6 Å². The van der Waals surface area contributed by atoms with Gasteiger partial charge in [-0.25, -0.2) is 13.6 Å². The lowest BCUT2D eigenvalue weighted by Gasteiger charge is -2.15. The van der Waals surface area contributed by atoms with Crippen molar-refractivity contribution in [3.05, 3.63) is 29.3 Å². The molecule has 1 fully saturated rings. The number of thioether (sulfide) groups is 1. The van der Waals surface area contributed by atoms with E-state index in [1.54, 1.807) is 11.8 Å². The van der Waals surface area contributed by atoms with E-state index in [1.165, 1.54) is 12.1 Å². The van der Waals surface area contributed by atoms with Gasteiger partial charge in [0.2, 0.25) is 0 Å². The van der Waals surface area contributed by atoms with Crippen LogP contribution in [-0.4, -0.2) is 30.6 Å². The number of anilines is 1. The van der Waals surface area contributed by atoms with E-state index in [1.807, 2.05) is 0 Å². The van der Waals surface area contributed by atoms with Gasteiger partial charge >= 0.3 is 5.97 Å². The lowest BCUT2D eigenvalue weighted by molar-refractivity contribution is 0.0594. The predicted molar refractivity (Wildman–Crippen MR) is 76.3 cm³/mol. The van der Waals surface area contributed by atoms with Crippen LogP contribution in [0.3, 0.4) is 0 Å². The minimum Gasteiger partial charge on any atom is -0.465 e. The number of carbonyl (C=O) groups is 1. The molecule has 1 aliphatic carbocycles. The Kier molecular flexibility index (Phi) is 4.86. The van der Waals surface area contributed by atoms with E-state index >= 15 is 0 Å². The Hall–Kier alpha value is -1.30. The molecule has 6 heteroatoms. The third-order valence-electron chi connectivity index (χ3n) is 3.57. The highest BCUT2D eigenvalue weighted by atomic mass is 32.2. The number of nitrogens with one attached hydrogen (secondary N) is 1. The first kappa shape index (κ1) is 15.1. The summed E-state index contributed by atoms with van der Waals surface area (Å²) in [4.78, 5) is 11.3. The van der Waals surface area contributed by atoms with Crippen LogP contribution in [0, 0.1) is 11.6 Å². The highest BCUT2D eigenvalue weighted by molar-refractivity contribution is 7.99. The number of hydrogen-bond donors (Lipinski definition) is 1. The normalized spacial score (nSPS) is 21.8. The average molecular weight is 301 g/mol. The Bertz CT molecular complexity index is 510. The summed E-state index contributed by atoms with van der Waals surface area (Å²) >= 11 is 1.79. The molecular weight excluding hydrogens is 284 g/mol. The van der Waals surface area contributed by atoms with Crippen molar-refractivity contribution < 1.29 is 18.3 Å². The van der Waals surface area contributed by atoms with E-state index in [2.05, 4.69) is 16.3 Å². The Labute approximate surface area is 121 Å². The second-order valence-electron chi connectivity index (χ2n) is 4.79. The van der Waals surface area contributed by atoms with Crippen molar-refractivity contribution >= 4 is 23.4 Å². The van der Waals surface area contributed by atoms with E-state index in [0.29, 0.717) is 5.25 Å². The van der Waals surface area contributed by atoms with E-state index in [-0.39, 0.29) is 17.3 Å². The number of carbonyl (C=O) groups excluding carboxylic acids is 1. The van der Waals surface area contributed by atoms with Crippen LogP contribution in [0.25, 0.3) is 0 Å². The zero-order valence-corrected chi connectivity index (χ0v) is 12.2. The lowest BCUT2D eigenvalue weighted by Crippen LogP contribution is -2.18.